The monoisotopic (exact) mass is 1680 g/mol. The number of hydrogen-bond acceptors (Lipinski definition) is 14. The molecule has 4 atom stereocenters. The van der Waals surface area contributed by atoms with Gasteiger partial charge in [0.1, 0.15) is 12.6 Å². The highest BCUT2D eigenvalue weighted by atomic mass is 28.4. The molecule has 0 bridgehead atoms. The summed E-state index contributed by atoms with van der Waals surface area (Å²) in [7, 11) is -4.52. The molecule has 0 saturated carbocycles. The SMILES string of the molecule is CCCCCCCCCCOC(CCCCC)O[Si](C)(C)OCCCCCCN(CCCCO)CCCCCCOC(=O)C(CCCCCC)CCCCCCCC.CCCCCCCCCCOC(CCCCC)O[Si](C)(C)OCCCCCCN(CCCCO)CCCCCCOC(=O)C(CCCCCC)CCCCCCCC. The Bertz CT molecular complexity index is 1800. The average Bonchev–Trinajstić information content (AvgIpc) is 0.918. The molecule has 0 aliphatic rings. The Morgan fingerprint density at radius 3 is 0.707 bits per heavy atom. The van der Waals surface area contributed by atoms with E-state index in [4.69, 9.17) is 36.7 Å². The third-order valence-electron chi connectivity index (χ3n) is 23.4. The zero-order chi connectivity index (χ0) is 85.3. The summed E-state index contributed by atoms with van der Waals surface area (Å²) in [5, 5.41) is 18.7. The number of nitrogens with zero attached hydrogens (tertiary/aromatic N) is 2. The molecule has 696 valence electrons. The minimum Gasteiger partial charge on any atom is -0.465 e. The van der Waals surface area contributed by atoms with Crippen LogP contribution >= 0.6 is 0 Å². The van der Waals surface area contributed by atoms with Crippen molar-refractivity contribution in [1.29, 1.82) is 0 Å². The van der Waals surface area contributed by atoms with Crippen molar-refractivity contribution in [3.05, 3.63) is 0 Å². The second-order valence-corrected chi connectivity index (χ2v) is 42.7. The molecule has 0 rings (SSSR count). The highest BCUT2D eigenvalue weighted by molar-refractivity contribution is 6.64. The van der Waals surface area contributed by atoms with Crippen molar-refractivity contribution in [3.63, 3.8) is 0 Å². The first kappa shape index (κ1) is 117. The number of unbranched alkanes of at least 4 members (excludes halogenated alkanes) is 48. The lowest BCUT2D eigenvalue weighted by Gasteiger charge is -2.29. The van der Waals surface area contributed by atoms with Crippen LogP contribution in [-0.4, -0.2) is 154 Å². The second kappa shape index (κ2) is 93.1. The molecular weight excluding hydrogens is 1480 g/mol. The standard InChI is InChI=1S/2C50H103NO6Si/c2*1-7-11-15-18-20-21-25-35-45-54-49(40-28-14-10-4)57-58(5,6)56-47-37-27-24-32-42-51(43-33-34-44-52)41-31-23-26-36-46-55-50(53)48(38-29-17-13-9-3)39-30-22-19-16-12-8-2/h2*48-49,52H,7-47H2,1-6H3. The van der Waals surface area contributed by atoms with Gasteiger partial charge in [-0.3, -0.25) is 9.59 Å². The number of carbonyl (C=O) groups is 2. The number of rotatable bonds is 96. The second-order valence-electron chi connectivity index (χ2n) is 36.0. The lowest BCUT2D eigenvalue weighted by Crippen LogP contribution is -2.40. The molecule has 16 heteroatoms. The molecule has 0 aromatic rings. The van der Waals surface area contributed by atoms with Gasteiger partial charge in [0.15, 0.2) is 0 Å². The van der Waals surface area contributed by atoms with E-state index in [2.05, 4.69) is 91.4 Å². The molecule has 0 aromatic carbocycles. The molecule has 0 fully saturated rings. The van der Waals surface area contributed by atoms with E-state index in [1.54, 1.807) is 0 Å². The van der Waals surface area contributed by atoms with Crippen molar-refractivity contribution in [2.75, 3.05) is 92.1 Å². The van der Waals surface area contributed by atoms with Gasteiger partial charge >= 0.3 is 29.1 Å². The van der Waals surface area contributed by atoms with Crippen LogP contribution in [0.2, 0.25) is 26.2 Å². The minimum atomic E-state index is -2.26. The van der Waals surface area contributed by atoms with Gasteiger partial charge in [0.25, 0.3) is 0 Å². The van der Waals surface area contributed by atoms with E-state index in [9.17, 15) is 19.8 Å². The van der Waals surface area contributed by atoms with Crippen molar-refractivity contribution in [3.8, 4) is 0 Å². The van der Waals surface area contributed by atoms with Crippen molar-refractivity contribution in [1.82, 2.24) is 9.80 Å². The van der Waals surface area contributed by atoms with Crippen LogP contribution in [0.25, 0.3) is 0 Å². The van der Waals surface area contributed by atoms with Crippen molar-refractivity contribution >= 4 is 29.1 Å². The molecule has 0 saturated heterocycles. The maximum absolute atomic E-state index is 13.0. The highest BCUT2D eigenvalue weighted by Crippen LogP contribution is 2.26. The van der Waals surface area contributed by atoms with E-state index in [0.717, 1.165) is 220 Å². The lowest BCUT2D eigenvalue weighted by molar-refractivity contribution is -0.150. The zero-order valence-corrected chi connectivity index (χ0v) is 82.2. The summed E-state index contributed by atoms with van der Waals surface area (Å²) in [5.41, 5.74) is 0. The molecule has 14 nitrogen and oxygen atoms in total. The van der Waals surface area contributed by atoms with E-state index in [1.807, 2.05) is 0 Å². The Morgan fingerprint density at radius 1 is 0.241 bits per heavy atom. The van der Waals surface area contributed by atoms with E-state index in [1.165, 1.54) is 283 Å². The summed E-state index contributed by atoms with van der Waals surface area (Å²) in [5.74, 6) is 0.313. The largest absolute Gasteiger partial charge is 0.465 e. The van der Waals surface area contributed by atoms with Crippen LogP contribution in [0, 0.1) is 11.8 Å². The molecule has 116 heavy (non-hydrogen) atoms. The van der Waals surface area contributed by atoms with Crippen LogP contribution in [0.1, 0.15) is 492 Å². The minimum absolute atomic E-state index is 0.0615. The quantitative estimate of drug-likeness (QED) is 0.0257. The first-order valence-corrected chi connectivity index (χ1v) is 57.2. The average molecular weight is 1680 g/mol. The summed E-state index contributed by atoms with van der Waals surface area (Å²) in [6.45, 7) is 38.2. The van der Waals surface area contributed by atoms with Crippen molar-refractivity contribution in [2.45, 2.75) is 531 Å². The number of aliphatic hydroxyl groups is 2. The molecule has 0 amide bonds. The van der Waals surface area contributed by atoms with Gasteiger partial charge in [0.05, 0.1) is 25.0 Å². The lowest BCUT2D eigenvalue weighted by atomic mass is 9.94. The molecular formula is C100H206N2O12Si2. The fourth-order valence-corrected chi connectivity index (χ4v) is 18.8. The third-order valence-corrected chi connectivity index (χ3v) is 26.9. The summed E-state index contributed by atoms with van der Waals surface area (Å²) < 4.78 is 50.1. The summed E-state index contributed by atoms with van der Waals surface area (Å²) in [6.07, 6.45) is 80.9. The fourth-order valence-electron chi connectivity index (χ4n) is 15.8. The Hall–Kier alpha value is -1.03. The summed E-state index contributed by atoms with van der Waals surface area (Å²) >= 11 is 0. The number of carbonyl (C=O) groups excluding carboxylic acids is 2. The van der Waals surface area contributed by atoms with E-state index in [0.29, 0.717) is 13.2 Å². The number of esters is 2. The molecule has 4 unspecified atom stereocenters. The van der Waals surface area contributed by atoms with Crippen molar-refractivity contribution < 1.29 is 56.5 Å². The Labute approximate surface area is 725 Å². The predicted octanol–water partition coefficient (Wildman–Crippen LogP) is 29.7. The topological polar surface area (TPSA) is 155 Å². The third kappa shape index (κ3) is 85.2. The van der Waals surface area contributed by atoms with Gasteiger partial charge in [0.2, 0.25) is 0 Å². The Morgan fingerprint density at radius 2 is 0.440 bits per heavy atom. The molecule has 0 radical (unpaired) electrons. The van der Waals surface area contributed by atoms with E-state index in [-0.39, 0.29) is 49.6 Å². The van der Waals surface area contributed by atoms with E-state index < -0.39 is 17.1 Å². The summed E-state index contributed by atoms with van der Waals surface area (Å²) in [4.78, 5) is 31.2. The van der Waals surface area contributed by atoms with Gasteiger partial charge in [-0.2, -0.15) is 0 Å². The zero-order valence-electron chi connectivity index (χ0n) is 80.2. The van der Waals surface area contributed by atoms with Crippen LogP contribution in [0.5, 0.6) is 0 Å². The Kier molecular flexibility index (Phi) is 94.0. The van der Waals surface area contributed by atoms with Gasteiger partial charge in [-0.15, -0.1) is 0 Å². The van der Waals surface area contributed by atoms with Gasteiger partial charge in [-0.05, 0) is 207 Å². The van der Waals surface area contributed by atoms with Crippen LogP contribution in [-0.2, 0) is 46.2 Å². The van der Waals surface area contributed by atoms with Gasteiger partial charge in [-0.1, -0.05) is 351 Å². The van der Waals surface area contributed by atoms with Crippen LogP contribution in [0.3, 0.4) is 0 Å². The first-order chi connectivity index (χ1) is 56.7. The van der Waals surface area contributed by atoms with Crippen molar-refractivity contribution in [2.24, 2.45) is 11.8 Å². The number of aliphatic hydroxyl groups excluding tert-OH is 2. The molecule has 0 spiro atoms. The smallest absolute Gasteiger partial charge is 0.333 e. The molecule has 0 heterocycles. The van der Waals surface area contributed by atoms with Crippen LogP contribution < -0.4 is 0 Å². The maximum Gasteiger partial charge on any atom is 0.333 e. The Balaban J connectivity index is 0. The van der Waals surface area contributed by atoms with Gasteiger partial charge in [0, 0.05) is 39.6 Å². The predicted molar refractivity (Wildman–Crippen MR) is 504 cm³/mol. The van der Waals surface area contributed by atoms with Crippen LogP contribution in [0.15, 0.2) is 0 Å². The highest BCUT2D eigenvalue weighted by Gasteiger charge is 2.31. The first-order valence-electron chi connectivity index (χ1n) is 51.5. The molecule has 0 aliphatic heterocycles. The number of hydrogen-bond donors (Lipinski definition) is 2. The van der Waals surface area contributed by atoms with Crippen LogP contribution in [0.4, 0.5) is 0 Å². The van der Waals surface area contributed by atoms with Gasteiger partial charge < -0.3 is 56.7 Å². The molecule has 2 N–H and O–H groups in total. The normalized spacial score (nSPS) is 13.1. The number of ether oxygens (including phenoxy) is 4. The molecule has 0 aliphatic carbocycles. The molecule has 0 aromatic heterocycles. The van der Waals surface area contributed by atoms with Gasteiger partial charge in [-0.25, -0.2) is 0 Å². The fraction of sp³-hybridized carbons (Fsp3) is 0.980. The maximum atomic E-state index is 13.0. The van der Waals surface area contributed by atoms with E-state index >= 15 is 0 Å². The summed E-state index contributed by atoms with van der Waals surface area (Å²) in [6, 6.07) is 0.